The first-order valence-corrected chi connectivity index (χ1v) is 7.39. The molecule has 0 bridgehead atoms. The Morgan fingerprint density at radius 3 is 2.70 bits per heavy atom. The van der Waals surface area contributed by atoms with Crippen molar-refractivity contribution in [2.24, 2.45) is 11.8 Å². The maximum atomic E-state index is 11.8. The molecule has 0 spiro atoms. The van der Waals surface area contributed by atoms with Crippen molar-refractivity contribution < 1.29 is 14.7 Å². The zero-order valence-electron chi connectivity index (χ0n) is 12.7. The van der Waals surface area contributed by atoms with Crippen molar-refractivity contribution in [3.05, 3.63) is 0 Å². The molecule has 1 aliphatic heterocycles. The lowest BCUT2D eigenvalue weighted by Gasteiger charge is -2.30. The van der Waals surface area contributed by atoms with Crippen molar-refractivity contribution in [2.75, 3.05) is 26.7 Å². The van der Waals surface area contributed by atoms with E-state index in [4.69, 9.17) is 5.11 Å². The van der Waals surface area contributed by atoms with E-state index in [1.807, 2.05) is 13.8 Å². The van der Waals surface area contributed by atoms with Gasteiger partial charge >= 0.3 is 12.0 Å². The number of carbonyl (C=O) groups is 2. The van der Waals surface area contributed by atoms with Gasteiger partial charge in [-0.2, -0.15) is 0 Å². The second-order valence-corrected chi connectivity index (χ2v) is 5.83. The number of amides is 2. The van der Waals surface area contributed by atoms with Crippen LogP contribution in [0, 0.1) is 11.8 Å². The number of piperidine rings is 1. The lowest BCUT2D eigenvalue weighted by molar-refractivity contribution is -0.140. The van der Waals surface area contributed by atoms with Gasteiger partial charge in [-0.05, 0) is 38.3 Å². The molecule has 20 heavy (non-hydrogen) atoms. The highest BCUT2D eigenvalue weighted by molar-refractivity contribution is 5.82. The van der Waals surface area contributed by atoms with Crippen molar-refractivity contribution >= 4 is 12.0 Å². The number of carboxylic acid groups (broad SMARTS) is 1. The number of hydrogen-bond donors (Lipinski definition) is 3. The number of nitrogens with one attached hydrogen (secondary N) is 2. The number of urea groups is 1. The summed E-state index contributed by atoms with van der Waals surface area (Å²) in [6.45, 7) is 6.43. The minimum Gasteiger partial charge on any atom is -0.480 e. The lowest BCUT2D eigenvalue weighted by atomic mass is 9.98. The highest BCUT2D eigenvalue weighted by atomic mass is 16.4. The van der Waals surface area contributed by atoms with Gasteiger partial charge in [-0.15, -0.1) is 0 Å². The number of aliphatic carboxylic acids is 1. The summed E-state index contributed by atoms with van der Waals surface area (Å²) < 4.78 is 0. The maximum absolute atomic E-state index is 11.8. The van der Waals surface area contributed by atoms with E-state index in [1.165, 1.54) is 0 Å². The van der Waals surface area contributed by atoms with Crippen LogP contribution in [0.4, 0.5) is 4.79 Å². The summed E-state index contributed by atoms with van der Waals surface area (Å²) in [6, 6.07) is -1.21. The SMILES string of the molecule is CCC(C)[C@H](NC(=O)NCC1CCCN(C)C1)C(=O)O. The summed E-state index contributed by atoms with van der Waals surface area (Å²) in [6.07, 6.45) is 2.97. The standard InChI is InChI=1S/C14H27N3O3/c1-4-10(2)12(13(18)19)16-14(20)15-8-11-6-5-7-17(3)9-11/h10-12H,4-9H2,1-3H3,(H,18,19)(H2,15,16,20)/t10?,11?,12-/m0/s1. The summed E-state index contributed by atoms with van der Waals surface area (Å²) in [5.74, 6) is -0.614. The van der Waals surface area contributed by atoms with Crippen LogP contribution in [0.15, 0.2) is 0 Å². The molecule has 1 aliphatic rings. The highest BCUT2D eigenvalue weighted by Gasteiger charge is 2.25. The van der Waals surface area contributed by atoms with Crippen LogP contribution < -0.4 is 10.6 Å². The zero-order valence-corrected chi connectivity index (χ0v) is 12.7. The van der Waals surface area contributed by atoms with Gasteiger partial charge in [-0.1, -0.05) is 20.3 Å². The number of nitrogens with zero attached hydrogens (tertiary/aromatic N) is 1. The molecule has 1 heterocycles. The van der Waals surface area contributed by atoms with E-state index in [0.717, 1.165) is 25.9 Å². The van der Waals surface area contributed by atoms with Crippen LogP contribution in [0.2, 0.25) is 0 Å². The van der Waals surface area contributed by atoms with E-state index in [1.54, 1.807) is 0 Å². The summed E-state index contributed by atoms with van der Waals surface area (Å²) in [5.41, 5.74) is 0. The van der Waals surface area contributed by atoms with Crippen LogP contribution in [0.1, 0.15) is 33.1 Å². The molecule has 3 atom stereocenters. The monoisotopic (exact) mass is 285 g/mol. The summed E-state index contributed by atoms with van der Waals surface area (Å²) in [7, 11) is 2.08. The van der Waals surface area contributed by atoms with Gasteiger partial charge < -0.3 is 20.6 Å². The molecule has 2 unspecified atom stereocenters. The summed E-state index contributed by atoms with van der Waals surface area (Å²) in [5, 5.41) is 14.5. The van der Waals surface area contributed by atoms with Gasteiger partial charge in [0.15, 0.2) is 0 Å². The fraction of sp³-hybridized carbons (Fsp3) is 0.857. The van der Waals surface area contributed by atoms with E-state index >= 15 is 0 Å². The third-order valence-electron chi connectivity index (χ3n) is 4.04. The molecule has 1 saturated heterocycles. The average molecular weight is 285 g/mol. The van der Waals surface area contributed by atoms with E-state index < -0.39 is 12.0 Å². The molecule has 2 amide bonds. The molecule has 6 nitrogen and oxygen atoms in total. The van der Waals surface area contributed by atoms with Gasteiger partial charge in [0.2, 0.25) is 0 Å². The minimum atomic E-state index is -0.980. The first kappa shape index (κ1) is 16.8. The largest absolute Gasteiger partial charge is 0.480 e. The van der Waals surface area contributed by atoms with Crippen molar-refractivity contribution in [1.82, 2.24) is 15.5 Å². The smallest absolute Gasteiger partial charge is 0.326 e. The summed E-state index contributed by atoms with van der Waals surface area (Å²) in [4.78, 5) is 25.2. The molecule has 1 fully saturated rings. The zero-order chi connectivity index (χ0) is 15.1. The fourth-order valence-electron chi connectivity index (χ4n) is 2.55. The Labute approximate surface area is 120 Å². The molecule has 0 radical (unpaired) electrons. The Morgan fingerprint density at radius 1 is 1.45 bits per heavy atom. The van der Waals surface area contributed by atoms with Crippen LogP contribution in [-0.4, -0.2) is 54.7 Å². The molecule has 6 heteroatoms. The number of carboxylic acids is 1. The van der Waals surface area contributed by atoms with Gasteiger partial charge in [0.1, 0.15) is 6.04 Å². The van der Waals surface area contributed by atoms with E-state index in [-0.39, 0.29) is 11.9 Å². The molecule has 0 aliphatic carbocycles. The number of rotatable bonds is 6. The molecule has 116 valence electrons. The molecular formula is C14H27N3O3. The topological polar surface area (TPSA) is 81.7 Å². The van der Waals surface area contributed by atoms with Crippen molar-refractivity contribution in [2.45, 2.75) is 39.2 Å². The first-order chi connectivity index (χ1) is 9.43. The van der Waals surface area contributed by atoms with Crippen LogP contribution in [0.5, 0.6) is 0 Å². The Morgan fingerprint density at radius 2 is 2.15 bits per heavy atom. The van der Waals surface area contributed by atoms with Gasteiger partial charge in [-0.3, -0.25) is 0 Å². The molecule has 0 aromatic rings. The molecule has 1 rings (SSSR count). The third-order valence-corrected chi connectivity index (χ3v) is 4.04. The molecule has 3 N–H and O–H groups in total. The Balaban J connectivity index is 2.36. The average Bonchev–Trinajstić information content (AvgIpc) is 2.41. The highest BCUT2D eigenvalue weighted by Crippen LogP contribution is 2.14. The lowest BCUT2D eigenvalue weighted by Crippen LogP contribution is -2.50. The van der Waals surface area contributed by atoms with Crippen LogP contribution in [-0.2, 0) is 4.79 Å². The Bertz CT molecular complexity index is 336. The normalized spacial score (nSPS) is 22.9. The number of carbonyl (C=O) groups excluding carboxylic acids is 1. The molecule has 0 aromatic carbocycles. The van der Waals surface area contributed by atoms with Crippen molar-refractivity contribution in [1.29, 1.82) is 0 Å². The van der Waals surface area contributed by atoms with Gasteiger partial charge in [0, 0.05) is 13.1 Å². The summed E-state index contributed by atoms with van der Waals surface area (Å²) >= 11 is 0. The van der Waals surface area contributed by atoms with Gasteiger partial charge in [0.05, 0.1) is 0 Å². The van der Waals surface area contributed by atoms with E-state index in [0.29, 0.717) is 18.9 Å². The number of likely N-dealkylation sites (tertiary alicyclic amines) is 1. The van der Waals surface area contributed by atoms with Gasteiger partial charge in [0.25, 0.3) is 0 Å². The predicted octanol–water partition coefficient (Wildman–Crippen LogP) is 1.13. The Hall–Kier alpha value is -1.30. The fourth-order valence-corrected chi connectivity index (χ4v) is 2.55. The molecule has 0 aromatic heterocycles. The maximum Gasteiger partial charge on any atom is 0.326 e. The van der Waals surface area contributed by atoms with Crippen LogP contribution in [0.25, 0.3) is 0 Å². The van der Waals surface area contributed by atoms with Crippen molar-refractivity contribution in [3.63, 3.8) is 0 Å². The Kier molecular flexibility index (Phi) is 6.78. The van der Waals surface area contributed by atoms with Crippen LogP contribution >= 0.6 is 0 Å². The number of hydrogen-bond acceptors (Lipinski definition) is 3. The predicted molar refractivity (Wildman–Crippen MR) is 77.6 cm³/mol. The second-order valence-electron chi connectivity index (χ2n) is 5.83. The van der Waals surface area contributed by atoms with Crippen LogP contribution in [0.3, 0.4) is 0 Å². The molecular weight excluding hydrogens is 258 g/mol. The quantitative estimate of drug-likeness (QED) is 0.683. The van der Waals surface area contributed by atoms with Gasteiger partial charge in [-0.25, -0.2) is 9.59 Å². The first-order valence-electron chi connectivity index (χ1n) is 7.39. The third kappa shape index (κ3) is 5.36. The van der Waals surface area contributed by atoms with E-state index in [2.05, 4.69) is 22.6 Å². The minimum absolute atomic E-state index is 0.0842. The van der Waals surface area contributed by atoms with E-state index in [9.17, 15) is 9.59 Å². The molecule has 0 saturated carbocycles. The second kappa shape index (κ2) is 8.09. The van der Waals surface area contributed by atoms with Crippen molar-refractivity contribution in [3.8, 4) is 0 Å².